The molecule has 3 N–H and O–H groups in total. The second-order valence-corrected chi connectivity index (χ2v) is 5.70. The van der Waals surface area contributed by atoms with Crippen molar-refractivity contribution in [3.63, 3.8) is 0 Å². The number of non-ortho nitro benzene ring substituents is 1. The van der Waals surface area contributed by atoms with E-state index in [2.05, 4.69) is 5.32 Å². The van der Waals surface area contributed by atoms with Crippen LogP contribution in [0.2, 0.25) is 0 Å². The smallest absolute Gasteiger partial charge is 0.279 e. The van der Waals surface area contributed by atoms with Crippen LogP contribution in [0.5, 0.6) is 0 Å². The van der Waals surface area contributed by atoms with Gasteiger partial charge in [0.2, 0.25) is 0 Å². The molecule has 132 valence electrons. The molecule has 2 aromatic rings. The first-order valence-electron chi connectivity index (χ1n) is 7.61. The number of nitro groups is 1. The summed E-state index contributed by atoms with van der Waals surface area (Å²) in [5.74, 6) is -1.64. The number of benzene rings is 2. The fourth-order valence-electron chi connectivity index (χ4n) is 2.38. The van der Waals surface area contributed by atoms with Gasteiger partial charge in [-0.05, 0) is 37.6 Å². The van der Waals surface area contributed by atoms with Crippen LogP contribution in [0.4, 0.5) is 20.2 Å². The van der Waals surface area contributed by atoms with Gasteiger partial charge >= 0.3 is 0 Å². The van der Waals surface area contributed by atoms with Gasteiger partial charge in [-0.25, -0.2) is 8.78 Å². The highest BCUT2D eigenvalue weighted by molar-refractivity contribution is 5.92. The molecule has 0 heterocycles. The van der Waals surface area contributed by atoms with Crippen molar-refractivity contribution in [1.29, 1.82) is 0 Å². The number of halogens is 2. The molecule has 0 saturated carbocycles. The van der Waals surface area contributed by atoms with Gasteiger partial charge in [0, 0.05) is 29.4 Å². The van der Waals surface area contributed by atoms with Crippen LogP contribution >= 0.6 is 0 Å². The van der Waals surface area contributed by atoms with Crippen LogP contribution in [-0.2, 0) is 4.79 Å². The Morgan fingerprint density at radius 1 is 1.28 bits per heavy atom. The van der Waals surface area contributed by atoms with Crippen molar-refractivity contribution in [2.24, 2.45) is 0 Å². The maximum Gasteiger partial charge on any atom is 0.279 e. The van der Waals surface area contributed by atoms with Crippen molar-refractivity contribution >= 4 is 17.3 Å². The lowest BCUT2D eigenvalue weighted by Crippen LogP contribution is -2.86. The van der Waals surface area contributed by atoms with Crippen LogP contribution in [0, 0.1) is 28.7 Å². The molecule has 0 aliphatic carbocycles. The number of nitrogens with two attached hydrogens (primary N) is 1. The van der Waals surface area contributed by atoms with Gasteiger partial charge in [-0.2, -0.15) is 0 Å². The SMILES string of the molecule is Cc1cc([N+](=O)[O-])ccc1NC(=O)C[NH2+][C@@H](C)c1ccc(F)cc1F. The fraction of sp³-hybridized carbons (Fsp3) is 0.235. The van der Waals surface area contributed by atoms with Crippen molar-refractivity contribution < 1.29 is 23.8 Å². The van der Waals surface area contributed by atoms with Crippen LogP contribution < -0.4 is 10.6 Å². The van der Waals surface area contributed by atoms with E-state index in [9.17, 15) is 23.7 Å². The summed E-state index contributed by atoms with van der Waals surface area (Å²) in [5, 5.41) is 15.0. The topological polar surface area (TPSA) is 88.9 Å². The number of rotatable bonds is 6. The summed E-state index contributed by atoms with van der Waals surface area (Å²) in [6.45, 7) is 3.39. The molecule has 25 heavy (non-hydrogen) atoms. The number of hydrogen-bond acceptors (Lipinski definition) is 3. The van der Waals surface area contributed by atoms with Crippen LogP contribution in [-0.4, -0.2) is 17.4 Å². The van der Waals surface area contributed by atoms with Crippen molar-refractivity contribution in [2.75, 3.05) is 11.9 Å². The lowest BCUT2D eigenvalue weighted by molar-refractivity contribution is -0.682. The summed E-state index contributed by atoms with van der Waals surface area (Å²) in [6.07, 6.45) is 0. The number of hydrogen-bond donors (Lipinski definition) is 2. The first-order valence-corrected chi connectivity index (χ1v) is 7.61. The van der Waals surface area contributed by atoms with Gasteiger partial charge in [-0.1, -0.05) is 0 Å². The molecule has 0 saturated heterocycles. The number of carbonyl (C=O) groups excluding carboxylic acids is 1. The van der Waals surface area contributed by atoms with Crippen LogP contribution in [0.25, 0.3) is 0 Å². The summed E-state index contributed by atoms with van der Waals surface area (Å²) >= 11 is 0. The molecule has 1 atom stereocenters. The molecule has 6 nitrogen and oxygen atoms in total. The summed E-state index contributed by atoms with van der Waals surface area (Å²) in [6, 6.07) is 7.10. The van der Waals surface area contributed by atoms with Gasteiger partial charge in [0.05, 0.1) is 4.92 Å². The lowest BCUT2D eigenvalue weighted by atomic mass is 10.1. The van der Waals surface area contributed by atoms with E-state index in [1.54, 1.807) is 19.2 Å². The Kier molecular flexibility index (Phi) is 5.76. The van der Waals surface area contributed by atoms with E-state index < -0.39 is 16.6 Å². The van der Waals surface area contributed by atoms with E-state index in [1.807, 2.05) is 0 Å². The molecule has 8 heteroatoms. The van der Waals surface area contributed by atoms with Crippen molar-refractivity contribution in [2.45, 2.75) is 19.9 Å². The molecule has 2 rings (SSSR count). The summed E-state index contributed by atoms with van der Waals surface area (Å²) in [7, 11) is 0. The van der Waals surface area contributed by atoms with Gasteiger partial charge < -0.3 is 10.6 Å². The number of aryl methyl sites for hydroxylation is 1. The maximum absolute atomic E-state index is 13.7. The normalized spacial score (nSPS) is 11.8. The molecule has 0 unspecified atom stereocenters. The fourth-order valence-corrected chi connectivity index (χ4v) is 2.38. The van der Waals surface area contributed by atoms with E-state index in [1.165, 1.54) is 30.3 Å². The monoisotopic (exact) mass is 350 g/mol. The highest BCUT2D eigenvalue weighted by Crippen LogP contribution is 2.21. The molecule has 0 aliphatic heterocycles. The average Bonchev–Trinajstić information content (AvgIpc) is 2.54. The first kappa shape index (κ1) is 18.5. The Morgan fingerprint density at radius 3 is 2.60 bits per heavy atom. The van der Waals surface area contributed by atoms with Crippen molar-refractivity contribution in [1.82, 2.24) is 0 Å². The van der Waals surface area contributed by atoms with Crippen LogP contribution in [0.3, 0.4) is 0 Å². The van der Waals surface area contributed by atoms with Crippen molar-refractivity contribution in [3.05, 3.63) is 69.3 Å². The molecule has 0 aromatic heterocycles. The largest absolute Gasteiger partial charge is 0.332 e. The minimum Gasteiger partial charge on any atom is -0.332 e. The average molecular weight is 350 g/mol. The Balaban J connectivity index is 1.95. The van der Waals surface area contributed by atoms with E-state index in [-0.39, 0.29) is 24.2 Å². The number of nitro benzene ring substituents is 1. The third kappa shape index (κ3) is 4.80. The molecule has 0 fully saturated rings. The zero-order valence-corrected chi connectivity index (χ0v) is 13.8. The Hall–Kier alpha value is -2.87. The second-order valence-electron chi connectivity index (χ2n) is 5.70. The van der Waals surface area contributed by atoms with Gasteiger partial charge in [-0.15, -0.1) is 0 Å². The minimum atomic E-state index is -0.657. The van der Waals surface area contributed by atoms with E-state index in [0.29, 0.717) is 16.8 Å². The molecule has 1 amide bonds. The quantitative estimate of drug-likeness (QED) is 0.619. The number of carbonyl (C=O) groups is 1. The van der Waals surface area contributed by atoms with Crippen LogP contribution in [0.15, 0.2) is 36.4 Å². The number of anilines is 1. The highest BCUT2D eigenvalue weighted by atomic mass is 19.1. The Morgan fingerprint density at radius 2 is 2.00 bits per heavy atom. The number of nitrogens with zero attached hydrogens (tertiary/aromatic N) is 1. The zero-order valence-electron chi connectivity index (χ0n) is 13.8. The molecule has 2 aromatic carbocycles. The first-order chi connectivity index (χ1) is 11.8. The Bertz CT molecular complexity index is 812. The molecular formula is C17H18F2N3O3+. The van der Waals surface area contributed by atoms with Gasteiger partial charge in [0.15, 0.2) is 6.54 Å². The van der Waals surface area contributed by atoms with E-state index in [4.69, 9.17) is 0 Å². The number of amides is 1. The number of nitrogens with one attached hydrogen (secondary N) is 1. The minimum absolute atomic E-state index is 0.0222. The lowest BCUT2D eigenvalue weighted by Gasteiger charge is -2.13. The predicted octanol–water partition coefficient (Wildman–Crippen LogP) is 2.44. The van der Waals surface area contributed by atoms with Crippen molar-refractivity contribution in [3.8, 4) is 0 Å². The standard InChI is InChI=1S/C17H17F2N3O3/c1-10-7-13(22(24)25)4-6-16(10)21-17(23)9-20-11(2)14-5-3-12(18)8-15(14)19/h3-8,11,20H,9H2,1-2H3,(H,21,23)/p+1/t11-/m0/s1. The van der Waals surface area contributed by atoms with E-state index in [0.717, 1.165) is 6.07 Å². The Labute approximate surface area is 143 Å². The molecule has 0 spiro atoms. The molecule has 0 radical (unpaired) electrons. The van der Waals surface area contributed by atoms with E-state index >= 15 is 0 Å². The summed E-state index contributed by atoms with van der Waals surface area (Å²) < 4.78 is 26.6. The molecule has 0 aliphatic rings. The number of quaternary nitrogens is 1. The third-order valence-corrected chi connectivity index (χ3v) is 3.80. The zero-order chi connectivity index (χ0) is 18.6. The molecular weight excluding hydrogens is 332 g/mol. The summed E-state index contributed by atoms with van der Waals surface area (Å²) in [4.78, 5) is 22.2. The van der Waals surface area contributed by atoms with Gasteiger partial charge in [0.25, 0.3) is 11.6 Å². The predicted molar refractivity (Wildman–Crippen MR) is 88.0 cm³/mol. The van der Waals surface area contributed by atoms with Gasteiger partial charge in [-0.3, -0.25) is 14.9 Å². The third-order valence-electron chi connectivity index (χ3n) is 3.80. The second kappa shape index (κ2) is 7.80. The highest BCUT2D eigenvalue weighted by Gasteiger charge is 2.17. The van der Waals surface area contributed by atoms with Gasteiger partial charge in [0.1, 0.15) is 17.7 Å². The summed E-state index contributed by atoms with van der Waals surface area (Å²) in [5.41, 5.74) is 1.30. The maximum atomic E-state index is 13.7. The van der Waals surface area contributed by atoms with Crippen LogP contribution in [0.1, 0.15) is 24.1 Å². The molecule has 0 bridgehead atoms.